The minimum atomic E-state index is -3.66. The molecule has 5 nitrogen and oxygen atoms in total. The van der Waals surface area contributed by atoms with Crippen LogP contribution in [0.25, 0.3) is 0 Å². The molecule has 1 aromatic carbocycles. The van der Waals surface area contributed by atoms with E-state index in [0.717, 1.165) is 12.8 Å². The second-order valence-electron chi connectivity index (χ2n) is 5.54. The SMILES string of the molecule is COc1ccc(Cl)cc1S(=O)(=O)NCC1(C)CCOCC1. The molecule has 2 rings (SSSR count). The van der Waals surface area contributed by atoms with Gasteiger partial charge in [0.05, 0.1) is 7.11 Å². The Labute approximate surface area is 130 Å². The Morgan fingerprint density at radius 3 is 2.67 bits per heavy atom. The number of nitrogens with one attached hydrogen (secondary N) is 1. The highest BCUT2D eigenvalue weighted by Crippen LogP contribution is 2.31. The number of hydrogen-bond donors (Lipinski definition) is 1. The Morgan fingerprint density at radius 2 is 2.05 bits per heavy atom. The van der Waals surface area contributed by atoms with Crippen molar-refractivity contribution in [3.8, 4) is 5.75 Å². The van der Waals surface area contributed by atoms with Crippen LogP contribution in [0.4, 0.5) is 0 Å². The van der Waals surface area contributed by atoms with E-state index in [2.05, 4.69) is 11.6 Å². The van der Waals surface area contributed by atoms with Gasteiger partial charge in [0.1, 0.15) is 10.6 Å². The summed E-state index contributed by atoms with van der Waals surface area (Å²) in [6, 6.07) is 4.54. The van der Waals surface area contributed by atoms with E-state index < -0.39 is 10.0 Å². The van der Waals surface area contributed by atoms with Gasteiger partial charge in [-0.1, -0.05) is 18.5 Å². The average Bonchev–Trinajstić information content (AvgIpc) is 2.46. The molecule has 21 heavy (non-hydrogen) atoms. The van der Waals surface area contributed by atoms with Crippen LogP contribution in [0.15, 0.2) is 23.1 Å². The zero-order valence-corrected chi connectivity index (χ0v) is 13.8. The number of ether oxygens (including phenoxy) is 2. The molecule has 1 saturated heterocycles. The number of rotatable bonds is 5. The van der Waals surface area contributed by atoms with Gasteiger partial charge in [-0.2, -0.15) is 0 Å². The van der Waals surface area contributed by atoms with Crippen molar-refractivity contribution >= 4 is 21.6 Å². The lowest BCUT2D eigenvalue weighted by Crippen LogP contribution is -2.39. The van der Waals surface area contributed by atoms with Crippen molar-refractivity contribution in [3.63, 3.8) is 0 Å². The maximum absolute atomic E-state index is 12.5. The fourth-order valence-electron chi connectivity index (χ4n) is 2.25. The van der Waals surface area contributed by atoms with E-state index in [9.17, 15) is 8.42 Å². The molecule has 0 atom stereocenters. The first-order chi connectivity index (χ1) is 9.86. The highest BCUT2D eigenvalue weighted by Gasteiger charge is 2.30. The van der Waals surface area contributed by atoms with Gasteiger partial charge in [0.25, 0.3) is 0 Å². The predicted octanol–water partition coefficient (Wildman–Crippen LogP) is 2.44. The van der Waals surface area contributed by atoms with E-state index in [-0.39, 0.29) is 16.1 Å². The van der Waals surface area contributed by atoms with Crippen molar-refractivity contribution in [2.45, 2.75) is 24.7 Å². The lowest BCUT2D eigenvalue weighted by atomic mass is 9.83. The summed E-state index contributed by atoms with van der Waals surface area (Å²) in [4.78, 5) is 0.0631. The van der Waals surface area contributed by atoms with Crippen LogP contribution in [0.5, 0.6) is 5.75 Å². The molecular weight excluding hydrogens is 314 g/mol. The highest BCUT2D eigenvalue weighted by atomic mass is 35.5. The van der Waals surface area contributed by atoms with Crippen molar-refractivity contribution in [1.82, 2.24) is 4.72 Å². The summed E-state index contributed by atoms with van der Waals surface area (Å²) in [5, 5.41) is 0.355. The second kappa shape index (κ2) is 6.52. The van der Waals surface area contributed by atoms with Crippen LogP contribution < -0.4 is 9.46 Å². The fraction of sp³-hybridized carbons (Fsp3) is 0.571. The summed E-state index contributed by atoms with van der Waals surface area (Å²) >= 11 is 5.89. The third-order valence-corrected chi connectivity index (χ3v) is 5.46. The monoisotopic (exact) mass is 333 g/mol. The molecule has 1 aliphatic heterocycles. The molecule has 0 amide bonds. The highest BCUT2D eigenvalue weighted by molar-refractivity contribution is 7.89. The quantitative estimate of drug-likeness (QED) is 0.899. The summed E-state index contributed by atoms with van der Waals surface area (Å²) in [6.45, 7) is 3.76. The Hall–Kier alpha value is -0.820. The predicted molar refractivity (Wildman–Crippen MR) is 81.4 cm³/mol. The summed E-state index contributed by atoms with van der Waals surface area (Å²) in [6.07, 6.45) is 1.67. The molecule has 118 valence electrons. The van der Waals surface area contributed by atoms with E-state index in [0.29, 0.717) is 24.8 Å². The molecule has 1 heterocycles. The minimum absolute atomic E-state index is 0.0631. The van der Waals surface area contributed by atoms with Crippen molar-refractivity contribution < 1.29 is 17.9 Å². The van der Waals surface area contributed by atoms with Gasteiger partial charge in [-0.05, 0) is 36.5 Å². The topological polar surface area (TPSA) is 64.6 Å². The van der Waals surface area contributed by atoms with Crippen LogP contribution in [0.3, 0.4) is 0 Å². The third-order valence-electron chi connectivity index (χ3n) is 3.80. The van der Waals surface area contributed by atoms with Crippen molar-refractivity contribution in [2.75, 3.05) is 26.9 Å². The number of sulfonamides is 1. The fourth-order valence-corrected chi connectivity index (χ4v) is 3.88. The molecule has 1 fully saturated rings. The van der Waals surface area contributed by atoms with Crippen molar-refractivity contribution in [2.24, 2.45) is 5.41 Å². The Morgan fingerprint density at radius 1 is 1.38 bits per heavy atom. The number of methoxy groups -OCH3 is 1. The summed E-state index contributed by atoms with van der Waals surface area (Å²) < 4.78 is 38.0. The van der Waals surface area contributed by atoms with E-state index in [1.54, 1.807) is 12.1 Å². The zero-order valence-electron chi connectivity index (χ0n) is 12.2. The first-order valence-corrected chi connectivity index (χ1v) is 8.63. The molecule has 1 aromatic rings. The minimum Gasteiger partial charge on any atom is -0.495 e. The van der Waals surface area contributed by atoms with Crippen molar-refractivity contribution in [3.05, 3.63) is 23.2 Å². The molecule has 0 saturated carbocycles. The molecule has 0 radical (unpaired) electrons. The van der Waals surface area contributed by atoms with Gasteiger partial charge in [0, 0.05) is 24.8 Å². The van der Waals surface area contributed by atoms with Crippen LogP contribution in [0, 0.1) is 5.41 Å². The molecule has 0 unspecified atom stereocenters. The van der Waals surface area contributed by atoms with Gasteiger partial charge in [0.2, 0.25) is 10.0 Å². The normalized spacial score (nSPS) is 18.4. The molecule has 1 aliphatic rings. The lowest BCUT2D eigenvalue weighted by Gasteiger charge is -2.33. The molecule has 7 heteroatoms. The molecular formula is C14H20ClNO4S. The first-order valence-electron chi connectivity index (χ1n) is 6.77. The van der Waals surface area contributed by atoms with Gasteiger partial charge in [-0.25, -0.2) is 13.1 Å². The Kier molecular flexibility index (Phi) is 5.14. The lowest BCUT2D eigenvalue weighted by molar-refractivity contribution is 0.0264. The Bertz CT molecular complexity index is 597. The molecule has 0 aromatic heterocycles. The van der Waals surface area contributed by atoms with Crippen LogP contribution in [0.1, 0.15) is 19.8 Å². The van der Waals surface area contributed by atoms with Gasteiger partial charge >= 0.3 is 0 Å². The maximum atomic E-state index is 12.5. The van der Waals surface area contributed by atoms with Gasteiger partial charge in [-0.15, -0.1) is 0 Å². The second-order valence-corrected chi connectivity index (χ2v) is 7.71. The zero-order chi connectivity index (χ0) is 15.5. The number of benzene rings is 1. The largest absolute Gasteiger partial charge is 0.495 e. The molecule has 0 bridgehead atoms. The Balaban J connectivity index is 2.17. The van der Waals surface area contributed by atoms with E-state index in [4.69, 9.17) is 21.1 Å². The van der Waals surface area contributed by atoms with Crippen LogP contribution in [-0.4, -0.2) is 35.3 Å². The van der Waals surface area contributed by atoms with Gasteiger partial charge < -0.3 is 9.47 Å². The van der Waals surface area contributed by atoms with E-state index >= 15 is 0 Å². The summed E-state index contributed by atoms with van der Waals surface area (Å²) in [7, 11) is -2.23. The van der Waals surface area contributed by atoms with Crippen LogP contribution in [0.2, 0.25) is 5.02 Å². The standard InChI is InChI=1S/C14H20ClNO4S/c1-14(5-7-20-8-6-14)10-16-21(17,18)13-9-11(15)3-4-12(13)19-2/h3-4,9,16H,5-8,10H2,1-2H3. The summed E-state index contributed by atoms with van der Waals surface area (Å²) in [5.74, 6) is 0.282. The van der Waals surface area contributed by atoms with Gasteiger partial charge in [-0.3, -0.25) is 0 Å². The van der Waals surface area contributed by atoms with Crippen LogP contribution in [-0.2, 0) is 14.8 Å². The maximum Gasteiger partial charge on any atom is 0.244 e. The van der Waals surface area contributed by atoms with Crippen molar-refractivity contribution in [1.29, 1.82) is 0 Å². The van der Waals surface area contributed by atoms with E-state index in [1.807, 2.05) is 0 Å². The third kappa shape index (κ3) is 4.10. The summed E-state index contributed by atoms with van der Waals surface area (Å²) in [5.41, 5.74) is -0.0862. The molecule has 1 N–H and O–H groups in total. The van der Waals surface area contributed by atoms with Crippen LogP contribution >= 0.6 is 11.6 Å². The average molecular weight is 334 g/mol. The van der Waals surface area contributed by atoms with E-state index in [1.165, 1.54) is 13.2 Å². The first kappa shape index (κ1) is 16.5. The number of halogens is 1. The number of hydrogen-bond acceptors (Lipinski definition) is 4. The molecule has 0 spiro atoms. The molecule has 0 aliphatic carbocycles. The smallest absolute Gasteiger partial charge is 0.244 e. The van der Waals surface area contributed by atoms with Gasteiger partial charge in [0.15, 0.2) is 0 Å².